The molecule has 0 unspecified atom stereocenters. The minimum Gasteiger partial charge on any atom is -0.456 e. The number of rotatable bonds is 4. The SMILES string of the molecule is C1=Cc2cc3oc4cccc(-c5nc(-c6ccccc6)nc(-c6ccc7ccc(-c8ccccc8)cc7c6)n5)c4c3cc2CN1. The highest BCUT2D eigenvalue weighted by molar-refractivity contribution is 6.12. The maximum Gasteiger partial charge on any atom is 0.164 e. The third-order valence-electron chi connectivity index (χ3n) is 8.54. The lowest BCUT2D eigenvalue weighted by molar-refractivity contribution is 0.668. The summed E-state index contributed by atoms with van der Waals surface area (Å²) in [5.41, 5.74) is 9.21. The van der Waals surface area contributed by atoms with E-state index < -0.39 is 0 Å². The van der Waals surface area contributed by atoms with Crippen LogP contribution in [0.2, 0.25) is 0 Å². The van der Waals surface area contributed by atoms with E-state index in [0.717, 1.165) is 50.6 Å². The first-order valence-electron chi connectivity index (χ1n) is 15.1. The lowest BCUT2D eigenvalue weighted by Gasteiger charge is -2.12. The number of furan rings is 1. The summed E-state index contributed by atoms with van der Waals surface area (Å²) in [5, 5.41) is 7.68. The topological polar surface area (TPSA) is 63.8 Å². The summed E-state index contributed by atoms with van der Waals surface area (Å²) in [7, 11) is 0. The molecular weight excluding hydrogens is 552 g/mol. The summed E-state index contributed by atoms with van der Waals surface area (Å²) in [6.45, 7) is 0.776. The molecule has 0 amide bonds. The molecule has 1 aliphatic rings. The molecule has 0 bridgehead atoms. The lowest BCUT2D eigenvalue weighted by Crippen LogP contribution is -2.09. The Kier molecular flexibility index (Phi) is 5.81. The number of fused-ring (bicyclic) bond motifs is 5. The molecule has 212 valence electrons. The molecule has 0 saturated carbocycles. The zero-order chi connectivity index (χ0) is 29.7. The van der Waals surface area contributed by atoms with Gasteiger partial charge >= 0.3 is 0 Å². The third-order valence-corrected chi connectivity index (χ3v) is 8.54. The van der Waals surface area contributed by atoms with E-state index >= 15 is 0 Å². The van der Waals surface area contributed by atoms with Gasteiger partial charge in [0.25, 0.3) is 0 Å². The number of nitrogens with one attached hydrogen (secondary N) is 1. The molecule has 0 fully saturated rings. The Morgan fingerprint density at radius 2 is 1.24 bits per heavy atom. The maximum absolute atomic E-state index is 6.38. The van der Waals surface area contributed by atoms with Crippen LogP contribution in [-0.2, 0) is 6.54 Å². The van der Waals surface area contributed by atoms with Gasteiger partial charge in [-0.2, -0.15) is 0 Å². The molecule has 6 aromatic carbocycles. The maximum atomic E-state index is 6.38. The zero-order valence-corrected chi connectivity index (χ0v) is 24.2. The largest absolute Gasteiger partial charge is 0.456 e. The Hall–Kier alpha value is -6.07. The fourth-order valence-electron chi connectivity index (χ4n) is 6.28. The van der Waals surface area contributed by atoms with E-state index in [0.29, 0.717) is 17.5 Å². The zero-order valence-electron chi connectivity index (χ0n) is 24.2. The molecule has 0 spiro atoms. The summed E-state index contributed by atoms with van der Waals surface area (Å²) in [6, 6.07) is 44.0. The van der Waals surface area contributed by atoms with Crippen molar-refractivity contribution in [3.63, 3.8) is 0 Å². The van der Waals surface area contributed by atoms with Crippen molar-refractivity contribution in [3.05, 3.63) is 145 Å². The molecule has 0 saturated heterocycles. The van der Waals surface area contributed by atoms with Crippen molar-refractivity contribution in [1.82, 2.24) is 20.3 Å². The quantitative estimate of drug-likeness (QED) is 0.225. The molecule has 8 aromatic rings. The highest BCUT2D eigenvalue weighted by atomic mass is 16.3. The second-order valence-corrected chi connectivity index (χ2v) is 11.4. The number of hydrogen-bond donors (Lipinski definition) is 1. The van der Waals surface area contributed by atoms with E-state index in [2.05, 4.69) is 90.3 Å². The van der Waals surface area contributed by atoms with E-state index in [-0.39, 0.29) is 0 Å². The molecule has 5 nitrogen and oxygen atoms in total. The minimum absolute atomic E-state index is 0.612. The Balaban J connectivity index is 1.25. The molecule has 2 aromatic heterocycles. The van der Waals surface area contributed by atoms with Crippen LogP contribution in [0.15, 0.2) is 138 Å². The fourth-order valence-corrected chi connectivity index (χ4v) is 6.28. The van der Waals surface area contributed by atoms with Crippen LogP contribution in [0, 0.1) is 0 Å². The highest BCUT2D eigenvalue weighted by Gasteiger charge is 2.19. The fraction of sp³-hybridized carbons (Fsp3) is 0.0250. The van der Waals surface area contributed by atoms with Crippen LogP contribution in [-0.4, -0.2) is 15.0 Å². The van der Waals surface area contributed by atoms with Crippen molar-refractivity contribution in [1.29, 1.82) is 0 Å². The van der Waals surface area contributed by atoms with E-state index in [1.165, 1.54) is 27.6 Å². The number of nitrogens with zero attached hydrogens (tertiary/aromatic N) is 3. The van der Waals surface area contributed by atoms with Gasteiger partial charge in [0.2, 0.25) is 0 Å². The number of benzene rings is 6. The Labute approximate surface area is 259 Å². The van der Waals surface area contributed by atoms with Gasteiger partial charge in [0.1, 0.15) is 11.2 Å². The highest BCUT2D eigenvalue weighted by Crippen LogP contribution is 2.38. The van der Waals surface area contributed by atoms with Gasteiger partial charge < -0.3 is 9.73 Å². The molecule has 5 heteroatoms. The minimum atomic E-state index is 0.612. The van der Waals surface area contributed by atoms with Gasteiger partial charge in [0.05, 0.1) is 0 Å². The van der Waals surface area contributed by atoms with Gasteiger partial charge in [-0.3, -0.25) is 0 Å². The van der Waals surface area contributed by atoms with Crippen LogP contribution >= 0.6 is 0 Å². The average Bonchev–Trinajstić information content (AvgIpc) is 3.48. The summed E-state index contributed by atoms with van der Waals surface area (Å²) in [4.78, 5) is 15.2. The normalized spacial score (nSPS) is 12.4. The Morgan fingerprint density at radius 3 is 2.07 bits per heavy atom. The molecule has 45 heavy (non-hydrogen) atoms. The van der Waals surface area contributed by atoms with Crippen LogP contribution in [0.4, 0.5) is 0 Å². The molecule has 0 aliphatic carbocycles. The van der Waals surface area contributed by atoms with Crippen molar-refractivity contribution in [2.75, 3.05) is 0 Å². The molecule has 1 N–H and O–H groups in total. The summed E-state index contributed by atoms with van der Waals surface area (Å²) in [5.74, 6) is 1.87. The lowest BCUT2D eigenvalue weighted by atomic mass is 9.99. The van der Waals surface area contributed by atoms with Crippen molar-refractivity contribution in [2.45, 2.75) is 6.54 Å². The first kappa shape index (κ1) is 25.4. The Bertz CT molecular complexity index is 2430. The van der Waals surface area contributed by atoms with Gasteiger partial charge in [-0.05, 0) is 75.6 Å². The van der Waals surface area contributed by atoms with E-state index in [1.807, 2.05) is 54.7 Å². The van der Waals surface area contributed by atoms with Crippen molar-refractivity contribution < 1.29 is 4.42 Å². The average molecular weight is 579 g/mol. The van der Waals surface area contributed by atoms with Crippen molar-refractivity contribution >= 4 is 38.8 Å². The van der Waals surface area contributed by atoms with E-state index in [9.17, 15) is 0 Å². The van der Waals surface area contributed by atoms with Gasteiger partial charge in [-0.1, -0.05) is 97.1 Å². The van der Waals surface area contributed by atoms with Crippen LogP contribution in [0.25, 0.3) is 84.1 Å². The first-order valence-corrected chi connectivity index (χ1v) is 15.1. The van der Waals surface area contributed by atoms with Crippen LogP contribution < -0.4 is 5.32 Å². The van der Waals surface area contributed by atoms with E-state index in [4.69, 9.17) is 19.4 Å². The molecule has 0 atom stereocenters. The standard InChI is InChI=1S/C40H26N4O/c1-3-8-25(9-4-1)28-16-14-26-15-17-30(21-31(26)20-28)39-42-38(27-10-5-2-6-11-27)43-40(44-39)33-12-7-13-35-37(33)34-22-32-24-41-19-18-29(32)23-36(34)45-35/h1-23,41H,24H2. The first-order chi connectivity index (χ1) is 22.3. The van der Waals surface area contributed by atoms with Gasteiger partial charge in [0, 0.05) is 34.0 Å². The molecular formula is C40H26N4O. The molecule has 9 rings (SSSR count). The Morgan fingerprint density at radius 1 is 0.533 bits per heavy atom. The molecule has 0 radical (unpaired) electrons. The van der Waals surface area contributed by atoms with Crippen molar-refractivity contribution in [2.24, 2.45) is 0 Å². The smallest absolute Gasteiger partial charge is 0.164 e. The summed E-state index contributed by atoms with van der Waals surface area (Å²) >= 11 is 0. The van der Waals surface area contributed by atoms with Crippen LogP contribution in [0.3, 0.4) is 0 Å². The predicted octanol–water partition coefficient (Wildman–Crippen LogP) is 9.67. The van der Waals surface area contributed by atoms with Crippen molar-refractivity contribution in [3.8, 4) is 45.3 Å². The summed E-state index contributed by atoms with van der Waals surface area (Å²) in [6.07, 6.45) is 4.07. The second-order valence-electron chi connectivity index (χ2n) is 11.4. The van der Waals surface area contributed by atoms with E-state index in [1.54, 1.807) is 0 Å². The third kappa shape index (κ3) is 4.45. The predicted molar refractivity (Wildman–Crippen MR) is 182 cm³/mol. The molecule has 1 aliphatic heterocycles. The second kappa shape index (κ2) is 10.3. The van der Waals surface area contributed by atoms with Gasteiger partial charge in [0.15, 0.2) is 17.5 Å². The van der Waals surface area contributed by atoms with Crippen LogP contribution in [0.5, 0.6) is 0 Å². The number of aromatic nitrogens is 3. The van der Waals surface area contributed by atoms with Gasteiger partial charge in [-0.15, -0.1) is 0 Å². The number of hydrogen-bond acceptors (Lipinski definition) is 5. The monoisotopic (exact) mass is 578 g/mol. The summed E-state index contributed by atoms with van der Waals surface area (Å²) < 4.78 is 6.38. The molecule has 3 heterocycles. The van der Waals surface area contributed by atoms with Crippen LogP contribution in [0.1, 0.15) is 11.1 Å². The van der Waals surface area contributed by atoms with Gasteiger partial charge in [-0.25, -0.2) is 15.0 Å².